The predicted molar refractivity (Wildman–Crippen MR) is 87.4 cm³/mol. The molecular weight excluding hydrogens is 335 g/mol. The van der Waals surface area contributed by atoms with Crippen molar-refractivity contribution in [3.8, 4) is 0 Å². The van der Waals surface area contributed by atoms with Gasteiger partial charge in [0, 0.05) is 11.1 Å². The van der Waals surface area contributed by atoms with Crippen molar-refractivity contribution in [2.45, 2.75) is 13.8 Å². The van der Waals surface area contributed by atoms with E-state index in [2.05, 4.69) is 13.2 Å². The average molecular weight is 354 g/mol. The molecule has 1 aromatic carbocycles. The molecule has 8 heteroatoms. The summed E-state index contributed by atoms with van der Waals surface area (Å²) in [6.45, 7) is 8.56. The number of rotatable bonds is 9. The standard InChI is InChI=1S/C16H19O7P/c1-12(2)15(17)20-10-22-24(19,14-8-6-5-7-9-14)23-11-21-16(18)13(3)4/h5-9H,1,3,10-11H2,2,4H3. The lowest BCUT2D eigenvalue weighted by Gasteiger charge is -2.18. The third-order valence-corrected chi connectivity index (χ3v) is 4.42. The molecule has 7 nitrogen and oxygen atoms in total. The summed E-state index contributed by atoms with van der Waals surface area (Å²) in [5, 5.41) is 0.225. The Morgan fingerprint density at radius 3 is 1.71 bits per heavy atom. The quantitative estimate of drug-likeness (QED) is 0.291. The Kier molecular flexibility index (Phi) is 7.58. The van der Waals surface area contributed by atoms with E-state index in [-0.39, 0.29) is 16.5 Å². The van der Waals surface area contributed by atoms with Crippen LogP contribution in [0.5, 0.6) is 0 Å². The second-order valence-electron chi connectivity index (χ2n) is 4.75. The van der Waals surface area contributed by atoms with E-state index in [0.717, 1.165) is 0 Å². The van der Waals surface area contributed by atoms with Crippen molar-refractivity contribution < 1.29 is 32.7 Å². The predicted octanol–water partition coefficient (Wildman–Crippen LogP) is 2.69. The van der Waals surface area contributed by atoms with Gasteiger partial charge in [-0.05, 0) is 26.0 Å². The highest BCUT2D eigenvalue weighted by atomic mass is 31.2. The van der Waals surface area contributed by atoms with Gasteiger partial charge < -0.3 is 9.47 Å². The Morgan fingerprint density at radius 2 is 1.33 bits per heavy atom. The van der Waals surface area contributed by atoms with Gasteiger partial charge in [-0.2, -0.15) is 0 Å². The van der Waals surface area contributed by atoms with Gasteiger partial charge in [0.15, 0.2) is 0 Å². The Labute approximate surface area is 140 Å². The Morgan fingerprint density at radius 1 is 0.917 bits per heavy atom. The molecule has 0 saturated heterocycles. The van der Waals surface area contributed by atoms with Crippen LogP contribution >= 0.6 is 7.60 Å². The molecule has 0 saturated carbocycles. The number of hydrogen-bond acceptors (Lipinski definition) is 7. The monoisotopic (exact) mass is 354 g/mol. The normalized spacial score (nSPS) is 10.8. The molecule has 0 spiro atoms. The van der Waals surface area contributed by atoms with Crippen LogP contribution in [0.15, 0.2) is 54.6 Å². The van der Waals surface area contributed by atoms with E-state index < -0.39 is 33.1 Å². The van der Waals surface area contributed by atoms with E-state index in [1.165, 1.54) is 26.0 Å². The van der Waals surface area contributed by atoms with Crippen LogP contribution in [0.1, 0.15) is 13.8 Å². The first-order valence-electron chi connectivity index (χ1n) is 6.86. The summed E-state index contributed by atoms with van der Waals surface area (Å²) in [5.74, 6) is -1.38. The lowest BCUT2D eigenvalue weighted by Crippen LogP contribution is -2.16. The molecular formula is C16H19O7P. The van der Waals surface area contributed by atoms with Crippen molar-refractivity contribution in [3.05, 3.63) is 54.6 Å². The van der Waals surface area contributed by atoms with Gasteiger partial charge in [0.1, 0.15) is 0 Å². The molecule has 0 unspecified atom stereocenters. The molecule has 0 aromatic heterocycles. The zero-order valence-corrected chi connectivity index (χ0v) is 14.4. The maximum atomic E-state index is 12.8. The highest BCUT2D eigenvalue weighted by molar-refractivity contribution is 7.62. The number of esters is 2. The highest BCUT2D eigenvalue weighted by Gasteiger charge is 2.29. The fraction of sp³-hybridized carbons (Fsp3) is 0.250. The highest BCUT2D eigenvalue weighted by Crippen LogP contribution is 2.46. The molecule has 0 fully saturated rings. The number of hydrogen-bond donors (Lipinski definition) is 0. The SMILES string of the molecule is C=C(C)C(=O)OCOP(=O)(OCOC(=O)C(=C)C)c1ccccc1. The molecule has 0 radical (unpaired) electrons. The first-order valence-corrected chi connectivity index (χ1v) is 8.40. The number of carbonyl (C=O) groups is 2. The van der Waals surface area contributed by atoms with Gasteiger partial charge in [-0.25, -0.2) is 9.59 Å². The van der Waals surface area contributed by atoms with Crippen LogP contribution in [0.25, 0.3) is 0 Å². The van der Waals surface area contributed by atoms with Gasteiger partial charge in [0.25, 0.3) is 0 Å². The number of carbonyl (C=O) groups excluding carboxylic acids is 2. The summed E-state index contributed by atoms with van der Waals surface area (Å²) in [6.07, 6.45) is 0. The fourth-order valence-electron chi connectivity index (χ4n) is 1.34. The van der Waals surface area contributed by atoms with Gasteiger partial charge in [-0.15, -0.1) is 0 Å². The van der Waals surface area contributed by atoms with Crippen molar-refractivity contribution in [2.75, 3.05) is 13.6 Å². The topological polar surface area (TPSA) is 88.1 Å². The second-order valence-corrected chi connectivity index (χ2v) is 6.78. The molecule has 1 rings (SSSR count). The minimum atomic E-state index is -3.86. The Bertz CT molecular complexity index is 630. The number of ether oxygens (including phenoxy) is 2. The molecule has 130 valence electrons. The van der Waals surface area contributed by atoms with Crippen LogP contribution in [0, 0.1) is 0 Å². The Hall–Kier alpha value is -2.21. The van der Waals surface area contributed by atoms with E-state index in [9.17, 15) is 14.2 Å². The first kappa shape index (κ1) is 19.8. The van der Waals surface area contributed by atoms with Crippen LogP contribution in [-0.2, 0) is 32.7 Å². The molecule has 0 aliphatic heterocycles. The maximum Gasteiger partial charge on any atom is 0.367 e. The summed E-state index contributed by atoms with van der Waals surface area (Å²) in [7, 11) is -3.86. The van der Waals surface area contributed by atoms with Gasteiger partial charge in [-0.3, -0.25) is 13.6 Å². The van der Waals surface area contributed by atoms with Crippen LogP contribution in [0.3, 0.4) is 0 Å². The summed E-state index contributed by atoms with van der Waals surface area (Å²) < 4.78 is 32.6. The molecule has 0 aliphatic carbocycles. The van der Waals surface area contributed by atoms with Crippen molar-refractivity contribution >= 4 is 24.8 Å². The summed E-state index contributed by atoms with van der Waals surface area (Å²) in [5.41, 5.74) is 0.342. The van der Waals surface area contributed by atoms with Crippen molar-refractivity contribution in [2.24, 2.45) is 0 Å². The first-order chi connectivity index (χ1) is 11.3. The van der Waals surface area contributed by atoms with Crippen LogP contribution in [0.4, 0.5) is 0 Å². The van der Waals surface area contributed by atoms with E-state index in [1.54, 1.807) is 18.2 Å². The van der Waals surface area contributed by atoms with Crippen molar-refractivity contribution in [1.29, 1.82) is 0 Å². The smallest absolute Gasteiger partial charge is 0.367 e. The fourth-order valence-corrected chi connectivity index (χ4v) is 2.63. The van der Waals surface area contributed by atoms with Gasteiger partial charge in [-0.1, -0.05) is 31.4 Å². The minimum absolute atomic E-state index is 0.171. The van der Waals surface area contributed by atoms with Crippen LogP contribution in [-0.4, -0.2) is 25.5 Å². The Balaban J connectivity index is 2.75. The average Bonchev–Trinajstić information content (AvgIpc) is 2.55. The third kappa shape index (κ3) is 6.12. The van der Waals surface area contributed by atoms with Gasteiger partial charge in [0.2, 0.25) is 13.6 Å². The molecule has 1 aromatic rings. The van der Waals surface area contributed by atoms with Crippen molar-refractivity contribution in [3.63, 3.8) is 0 Å². The molecule has 0 heterocycles. The molecule has 0 amide bonds. The van der Waals surface area contributed by atoms with Gasteiger partial charge >= 0.3 is 19.5 Å². The molecule has 0 aliphatic rings. The molecule has 0 N–H and O–H groups in total. The molecule has 0 bridgehead atoms. The second kappa shape index (κ2) is 9.17. The van der Waals surface area contributed by atoms with E-state index in [1.807, 2.05) is 0 Å². The summed E-state index contributed by atoms with van der Waals surface area (Å²) in [6, 6.07) is 8.02. The lowest BCUT2D eigenvalue weighted by molar-refractivity contribution is -0.147. The molecule has 24 heavy (non-hydrogen) atoms. The van der Waals surface area contributed by atoms with E-state index >= 15 is 0 Å². The zero-order chi connectivity index (χ0) is 18.2. The zero-order valence-electron chi connectivity index (χ0n) is 13.5. The van der Waals surface area contributed by atoms with E-state index in [4.69, 9.17) is 18.5 Å². The minimum Gasteiger partial charge on any atom is -0.435 e. The summed E-state index contributed by atoms with van der Waals surface area (Å²) >= 11 is 0. The largest absolute Gasteiger partial charge is 0.435 e. The third-order valence-electron chi connectivity index (χ3n) is 2.59. The summed E-state index contributed by atoms with van der Waals surface area (Å²) in [4.78, 5) is 22.7. The lowest BCUT2D eigenvalue weighted by atomic mass is 10.4. The van der Waals surface area contributed by atoms with Crippen molar-refractivity contribution in [1.82, 2.24) is 0 Å². The molecule has 0 atom stereocenters. The maximum absolute atomic E-state index is 12.8. The van der Waals surface area contributed by atoms with Crippen LogP contribution < -0.4 is 5.30 Å². The number of benzene rings is 1. The van der Waals surface area contributed by atoms with Gasteiger partial charge in [0.05, 0.1) is 5.30 Å². The van der Waals surface area contributed by atoms with Crippen LogP contribution in [0.2, 0.25) is 0 Å². The van der Waals surface area contributed by atoms with E-state index in [0.29, 0.717) is 0 Å².